The van der Waals surface area contributed by atoms with Gasteiger partial charge in [-0.15, -0.1) is 11.1 Å². The molecule has 8 nitrogen and oxygen atoms in total. The van der Waals surface area contributed by atoms with E-state index in [9.17, 15) is 10.5 Å². The van der Waals surface area contributed by atoms with Crippen LogP contribution in [0.2, 0.25) is 39.3 Å². The lowest BCUT2D eigenvalue weighted by Gasteiger charge is -2.25. The average molecular weight is 645 g/mol. The van der Waals surface area contributed by atoms with Crippen LogP contribution in [0.25, 0.3) is 33.0 Å². The molecule has 0 unspecified atom stereocenters. The third-order valence-electron chi connectivity index (χ3n) is 7.41. The normalized spacial score (nSPS) is 12.0. The molecule has 2 aromatic carbocycles. The van der Waals surface area contributed by atoms with E-state index in [1.807, 2.05) is 33.8 Å². The zero-order valence-corrected chi connectivity index (χ0v) is 30.9. The van der Waals surface area contributed by atoms with Gasteiger partial charge in [-0.2, -0.15) is 30.3 Å². The van der Waals surface area contributed by atoms with Crippen molar-refractivity contribution in [3.8, 4) is 35.1 Å². The number of hydrogen-bond acceptors (Lipinski definition) is 6. The maximum atomic E-state index is 9.91. The minimum absolute atomic E-state index is 0.553. The number of aromatic nitrogens is 4. The molecule has 2 aromatic heterocycles. The largest absolute Gasteiger partial charge is 0.297 e. The van der Waals surface area contributed by atoms with Crippen LogP contribution in [0.3, 0.4) is 0 Å². The predicted molar refractivity (Wildman–Crippen MR) is 197 cm³/mol. The summed E-state index contributed by atoms with van der Waals surface area (Å²) < 4.78 is 0. The van der Waals surface area contributed by atoms with Gasteiger partial charge in [-0.25, -0.2) is 0 Å². The van der Waals surface area contributed by atoms with Crippen molar-refractivity contribution in [3.05, 3.63) is 58.9 Å². The van der Waals surface area contributed by atoms with Crippen molar-refractivity contribution in [1.82, 2.24) is 19.8 Å². The molecular weight excluding hydrogens is 601 g/mol. The van der Waals surface area contributed by atoms with E-state index in [-0.39, 0.29) is 0 Å². The van der Waals surface area contributed by atoms with Gasteiger partial charge in [-0.1, -0.05) is 51.1 Å². The minimum Gasteiger partial charge on any atom is -0.297 e. The van der Waals surface area contributed by atoms with Gasteiger partial charge in [-0.3, -0.25) is 10.0 Å². The zero-order chi connectivity index (χ0) is 33.8. The molecule has 0 saturated heterocycles. The molecule has 0 radical (unpaired) electrons. The maximum absolute atomic E-state index is 9.91. The SMILES string of the molecule is CCN(CC)n1nc2ccc(C#N)cc2c1/C(C#C[Si](C)(C)C)=C(\C#C[Si](C)(C)C)c1c2cc(C#N)ccc2nn1N(CC)CC. The first-order valence-corrected chi connectivity index (χ1v) is 23.0. The lowest BCUT2D eigenvalue weighted by Crippen LogP contribution is -2.37. The van der Waals surface area contributed by atoms with Crippen LogP contribution in [0.5, 0.6) is 0 Å². The van der Waals surface area contributed by atoms with E-state index in [0.717, 1.165) is 70.5 Å². The topological polar surface area (TPSA) is 89.7 Å². The molecule has 0 spiro atoms. The molecule has 2 heterocycles. The Hall–Kier alpha value is -4.75. The molecule has 4 aromatic rings. The Kier molecular flexibility index (Phi) is 10.2. The maximum Gasteiger partial charge on any atom is 0.129 e. The monoisotopic (exact) mass is 644 g/mol. The van der Waals surface area contributed by atoms with E-state index in [1.54, 1.807) is 12.1 Å². The van der Waals surface area contributed by atoms with Crippen molar-refractivity contribution in [2.75, 3.05) is 36.2 Å². The van der Waals surface area contributed by atoms with Gasteiger partial charge in [0.1, 0.15) is 27.5 Å². The third kappa shape index (κ3) is 7.21. The Bertz CT molecular complexity index is 1860. The van der Waals surface area contributed by atoms with Crippen LogP contribution in [0, 0.1) is 45.6 Å². The van der Waals surface area contributed by atoms with Crippen molar-refractivity contribution >= 4 is 49.1 Å². The zero-order valence-electron chi connectivity index (χ0n) is 28.9. The summed E-state index contributed by atoms with van der Waals surface area (Å²) >= 11 is 0. The van der Waals surface area contributed by atoms with E-state index in [1.165, 1.54) is 0 Å². The summed E-state index contributed by atoms with van der Waals surface area (Å²) in [5.74, 6) is 7.33. The van der Waals surface area contributed by atoms with Crippen LogP contribution >= 0.6 is 0 Å². The molecule has 0 saturated carbocycles. The molecule has 46 heavy (non-hydrogen) atoms. The number of hydrogen-bond donors (Lipinski definition) is 0. The van der Waals surface area contributed by atoms with Gasteiger partial charge in [0, 0.05) is 37.0 Å². The summed E-state index contributed by atoms with van der Waals surface area (Å²) in [5.41, 5.74) is 13.1. The van der Waals surface area contributed by atoms with Gasteiger partial charge < -0.3 is 0 Å². The second-order valence-corrected chi connectivity index (χ2v) is 22.7. The molecular formula is C36H44N8Si2. The quantitative estimate of drug-likeness (QED) is 0.156. The Labute approximate surface area is 275 Å². The number of allylic oxidation sites excluding steroid dienone is 2. The highest BCUT2D eigenvalue weighted by Crippen LogP contribution is 2.35. The summed E-state index contributed by atoms with van der Waals surface area (Å²) in [4.78, 5) is 3.91. The van der Waals surface area contributed by atoms with Crippen LogP contribution in [0.15, 0.2) is 36.4 Å². The Morgan fingerprint density at radius 2 is 0.978 bits per heavy atom. The van der Waals surface area contributed by atoms with Gasteiger partial charge in [0.15, 0.2) is 0 Å². The molecule has 0 N–H and O–H groups in total. The van der Waals surface area contributed by atoms with Crippen molar-refractivity contribution in [3.63, 3.8) is 0 Å². The molecule has 4 rings (SSSR count). The molecule has 0 fully saturated rings. The Morgan fingerprint density at radius 3 is 1.26 bits per heavy atom. The van der Waals surface area contributed by atoms with E-state index < -0.39 is 16.1 Å². The molecule has 0 atom stereocenters. The minimum atomic E-state index is -1.89. The van der Waals surface area contributed by atoms with E-state index in [4.69, 9.17) is 10.2 Å². The van der Waals surface area contributed by atoms with Gasteiger partial charge in [0.05, 0.1) is 45.4 Å². The molecule has 0 bridgehead atoms. The summed E-state index contributed by atoms with van der Waals surface area (Å²) in [6.07, 6.45) is 0. The summed E-state index contributed by atoms with van der Waals surface area (Å²) in [7, 11) is -3.79. The molecule has 0 aliphatic rings. The number of benzene rings is 2. The van der Waals surface area contributed by atoms with Crippen LogP contribution in [-0.4, -0.2) is 62.1 Å². The van der Waals surface area contributed by atoms with Gasteiger partial charge in [0.2, 0.25) is 0 Å². The van der Waals surface area contributed by atoms with Crippen molar-refractivity contribution in [2.45, 2.75) is 67.0 Å². The lowest BCUT2D eigenvalue weighted by atomic mass is 9.97. The third-order valence-corrected chi connectivity index (χ3v) is 9.16. The fourth-order valence-corrected chi connectivity index (χ4v) is 6.13. The van der Waals surface area contributed by atoms with Crippen LogP contribution in [0.4, 0.5) is 0 Å². The fourth-order valence-electron chi connectivity index (χ4n) is 5.13. The standard InChI is InChI=1S/C36H44N8Si2/c1-11-41(12-2)43-35(31-23-27(25-37)15-17-33(31)39-43)29(19-21-45(5,6)7)30(20-22-46(8,9)10)36-32-24-28(26-38)16-18-34(32)40-44(36)42(13-3)14-4/h15-18,23-24H,11-14H2,1-10H3/b30-29+. The van der Waals surface area contributed by atoms with Gasteiger partial charge in [-0.05, 0) is 64.1 Å². The average Bonchev–Trinajstić information content (AvgIpc) is 3.57. The number of rotatable bonds is 8. The van der Waals surface area contributed by atoms with Crippen molar-refractivity contribution in [2.24, 2.45) is 0 Å². The molecule has 0 aliphatic heterocycles. The first-order valence-electron chi connectivity index (χ1n) is 16.0. The van der Waals surface area contributed by atoms with Gasteiger partial charge in [0.25, 0.3) is 0 Å². The fraction of sp³-hybridized carbons (Fsp3) is 0.389. The second kappa shape index (κ2) is 13.7. The predicted octanol–water partition coefficient (Wildman–Crippen LogP) is 6.76. The molecule has 0 amide bonds. The highest BCUT2D eigenvalue weighted by molar-refractivity contribution is 6.84. The second-order valence-electron chi connectivity index (χ2n) is 13.2. The highest BCUT2D eigenvalue weighted by Gasteiger charge is 2.27. The van der Waals surface area contributed by atoms with Crippen LogP contribution in [0.1, 0.15) is 50.2 Å². The summed E-state index contributed by atoms with van der Waals surface area (Å²) in [5, 5.41) is 36.0. The summed E-state index contributed by atoms with van der Waals surface area (Å²) in [6, 6.07) is 15.9. The number of nitriles is 2. The lowest BCUT2D eigenvalue weighted by molar-refractivity contribution is 0.555. The number of fused-ring (bicyclic) bond motifs is 2. The Morgan fingerprint density at radius 1 is 0.630 bits per heavy atom. The van der Waals surface area contributed by atoms with Crippen LogP contribution in [-0.2, 0) is 0 Å². The van der Waals surface area contributed by atoms with Gasteiger partial charge >= 0.3 is 0 Å². The molecule has 236 valence electrons. The van der Waals surface area contributed by atoms with E-state index in [2.05, 4.69) is 112 Å². The van der Waals surface area contributed by atoms with E-state index in [0.29, 0.717) is 11.1 Å². The first kappa shape index (κ1) is 34.1. The first-order chi connectivity index (χ1) is 21.8. The highest BCUT2D eigenvalue weighted by atomic mass is 28.3. The smallest absolute Gasteiger partial charge is 0.129 e. The number of nitrogens with zero attached hydrogens (tertiary/aromatic N) is 8. The van der Waals surface area contributed by atoms with Crippen molar-refractivity contribution < 1.29 is 0 Å². The Balaban J connectivity index is 2.39. The molecule has 10 heteroatoms. The summed E-state index contributed by atoms with van der Waals surface area (Å²) in [6.45, 7) is 24.7. The molecule has 0 aliphatic carbocycles. The van der Waals surface area contributed by atoms with E-state index >= 15 is 0 Å². The van der Waals surface area contributed by atoms with Crippen LogP contribution < -0.4 is 10.0 Å². The van der Waals surface area contributed by atoms with Crippen molar-refractivity contribution in [1.29, 1.82) is 10.5 Å².